The van der Waals surface area contributed by atoms with Crippen molar-refractivity contribution in [3.05, 3.63) is 28.2 Å². The number of piperazine rings is 1. The van der Waals surface area contributed by atoms with Gasteiger partial charge in [-0.25, -0.2) is 4.79 Å². The van der Waals surface area contributed by atoms with Crippen LogP contribution in [0.3, 0.4) is 0 Å². The van der Waals surface area contributed by atoms with E-state index in [-0.39, 0.29) is 17.5 Å². The smallest absolute Gasteiger partial charge is 0.410 e. The zero-order valence-electron chi connectivity index (χ0n) is 16.4. The molecule has 3 rings (SSSR count). The summed E-state index contributed by atoms with van der Waals surface area (Å²) >= 11 is 3.44. The minimum Gasteiger partial charge on any atom is -0.493 e. The summed E-state index contributed by atoms with van der Waals surface area (Å²) in [7, 11) is 0. The lowest BCUT2D eigenvalue weighted by Crippen LogP contribution is -2.58. The van der Waals surface area contributed by atoms with Crippen LogP contribution in [-0.2, 0) is 4.74 Å². The van der Waals surface area contributed by atoms with Gasteiger partial charge in [0.2, 0.25) is 0 Å². The molecule has 1 saturated carbocycles. The fourth-order valence-corrected chi connectivity index (χ4v) is 3.81. The van der Waals surface area contributed by atoms with Gasteiger partial charge in [-0.15, -0.1) is 0 Å². The van der Waals surface area contributed by atoms with Crippen LogP contribution in [0.25, 0.3) is 0 Å². The van der Waals surface area contributed by atoms with Crippen molar-refractivity contribution in [2.75, 3.05) is 26.2 Å². The number of nitrogens with zero attached hydrogens (tertiary/aromatic N) is 2. The molecule has 1 saturated heterocycles. The highest BCUT2D eigenvalue weighted by atomic mass is 79.9. The molecular weight excluding hydrogens is 412 g/mol. The van der Waals surface area contributed by atoms with Gasteiger partial charge in [-0.05, 0) is 58.7 Å². The summed E-state index contributed by atoms with van der Waals surface area (Å²) in [6.07, 6.45) is 1.49. The third-order valence-electron chi connectivity index (χ3n) is 4.85. The van der Waals surface area contributed by atoms with E-state index in [2.05, 4.69) is 15.9 Å². The molecule has 1 aliphatic carbocycles. The zero-order valence-corrected chi connectivity index (χ0v) is 18.0. The molecule has 2 amide bonds. The zero-order chi connectivity index (χ0) is 19.8. The minimum atomic E-state index is -0.524. The van der Waals surface area contributed by atoms with Gasteiger partial charge in [-0.3, -0.25) is 4.79 Å². The summed E-state index contributed by atoms with van der Waals surface area (Å²) in [6, 6.07) is 5.50. The molecule has 1 aliphatic heterocycles. The van der Waals surface area contributed by atoms with Crippen LogP contribution in [0.1, 0.15) is 50.9 Å². The van der Waals surface area contributed by atoms with Gasteiger partial charge in [0.1, 0.15) is 11.4 Å². The van der Waals surface area contributed by atoms with Crippen LogP contribution in [0.15, 0.2) is 22.7 Å². The maximum absolute atomic E-state index is 13.3. The van der Waals surface area contributed by atoms with Crippen molar-refractivity contribution in [3.8, 4) is 5.75 Å². The molecule has 0 bridgehead atoms. The highest BCUT2D eigenvalue weighted by Crippen LogP contribution is 2.45. The Morgan fingerprint density at radius 2 is 1.93 bits per heavy atom. The first-order valence-corrected chi connectivity index (χ1v) is 10.2. The average Bonchev–Trinajstić information content (AvgIpc) is 3.34. The van der Waals surface area contributed by atoms with E-state index in [1.807, 2.05) is 50.8 Å². The number of rotatable bonds is 3. The van der Waals surface area contributed by atoms with Crippen LogP contribution in [0.5, 0.6) is 5.75 Å². The molecule has 1 aromatic carbocycles. The second kappa shape index (κ2) is 7.34. The molecule has 0 unspecified atom stereocenters. The lowest BCUT2D eigenvalue weighted by Gasteiger charge is -2.42. The number of ether oxygens (including phenoxy) is 2. The lowest BCUT2D eigenvalue weighted by atomic mass is 10.1. The summed E-state index contributed by atoms with van der Waals surface area (Å²) in [5.41, 5.74) is -0.246. The topological polar surface area (TPSA) is 59.1 Å². The molecule has 0 atom stereocenters. The number of hydrogen-bond donors (Lipinski definition) is 0. The molecule has 0 aromatic heterocycles. The van der Waals surface area contributed by atoms with E-state index in [1.54, 1.807) is 4.90 Å². The largest absolute Gasteiger partial charge is 0.493 e. The molecule has 7 heteroatoms. The SMILES string of the molecule is CCOc1ccc(Br)cc1C(=O)N1CCN(C(=O)OC(C)(C)C)CC12CC2. The van der Waals surface area contributed by atoms with Crippen LogP contribution >= 0.6 is 15.9 Å². The van der Waals surface area contributed by atoms with Gasteiger partial charge in [-0.2, -0.15) is 0 Å². The molecule has 1 aromatic rings. The Kier molecular flexibility index (Phi) is 5.43. The first-order chi connectivity index (χ1) is 12.6. The summed E-state index contributed by atoms with van der Waals surface area (Å²) in [6.45, 7) is 9.47. The van der Waals surface area contributed by atoms with Gasteiger partial charge in [-0.1, -0.05) is 15.9 Å². The van der Waals surface area contributed by atoms with Crippen LogP contribution in [0.4, 0.5) is 4.79 Å². The Morgan fingerprint density at radius 3 is 2.52 bits per heavy atom. The molecule has 6 nitrogen and oxygen atoms in total. The number of amides is 2. The molecule has 2 aliphatic rings. The quantitative estimate of drug-likeness (QED) is 0.713. The van der Waals surface area contributed by atoms with Crippen molar-refractivity contribution in [1.29, 1.82) is 0 Å². The molecule has 1 heterocycles. The number of hydrogen-bond acceptors (Lipinski definition) is 4. The minimum absolute atomic E-state index is 0.0407. The third kappa shape index (κ3) is 4.39. The number of benzene rings is 1. The Bertz CT molecular complexity index is 740. The fraction of sp³-hybridized carbons (Fsp3) is 0.600. The Morgan fingerprint density at radius 1 is 1.22 bits per heavy atom. The van der Waals surface area contributed by atoms with E-state index in [1.165, 1.54) is 0 Å². The van der Waals surface area contributed by atoms with E-state index in [0.29, 0.717) is 37.6 Å². The highest BCUT2D eigenvalue weighted by Gasteiger charge is 2.54. The monoisotopic (exact) mass is 438 g/mol. The average molecular weight is 439 g/mol. The maximum Gasteiger partial charge on any atom is 0.410 e. The third-order valence-corrected chi connectivity index (χ3v) is 5.34. The number of carbonyl (C=O) groups excluding carboxylic acids is 2. The lowest BCUT2D eigenvalue weighted by molar-refractivity contribution is 0.000543. The van der Waals surface area contributed by atoms with E-state index >= 15 is 0 Å². The molecule has 0 N–H and O–H groups in total. The van der Waals surface area contributed by atoms with Crippen molar-refractivity contribution >= 4 is 27.9 Å². The van der Waals surface area contributed by atoms with Crippen LogP contribution in [0.2, 0.25) is 0 Å². The standard InChI is InChI=1S/C20H27BrN2O4/c1-5-26-16-7-6-14(21)12-15(16)17(24)23-11-10-22(13-20(23)8-9-20)18(25)27-19(2,3)4/h6-7,12H,5,8-11,13H2,1-4H3. The highest BCUT2D eigenvalue weighted by molar-refractivity contribution is 9.10. The first kappa shape index (κ1) is 20.0. The van der Waals surface area contributed by atoms with Crippen molar-refractivity contribution in [3.63, 3.8) is 0 Å². The van der Waals surface area contributed by atoms with Gasteiger partial charge < -0.3 is 19.3 Å². The predicted molar refractivity (Wildman–Crippen MR) is 106 cm³/mol. The van der Waals surface area contributed by atoms with Crippen molar-refractivity contribution < 1.29 is 19.1 Å². The Hall–Kier alpha value is -1.76. The summed E-state index contributed by atoms with van der Waals surface area (Å²) in [5, 5.41) is 0. The Balaban J connectivity index is 1.77. The molecule has 27 heavy (non-hydrogen) atoms. The van der Waals surface area contributed by atoms with Gasteiger partial charge in [0.15, 0.2) is 0 Å². The number of carbonyl (C=O) groups is 2. The summed E-state index contributed by atoms with van der Waals surface area (Å²) < 4.78 is 12.0. The fourth-order valence-electron chi connectivity index (χ4n) is 3.45. The van der Waals surface area contributed by atoms with E-state index in [0.717, 1.165) is 17.3 Å². The first-order valence-electron chi connectivity index (χ1n) is 9.37. The molecule has 0 radical (unpaired) electrons. The predicted octanol–water partition coefficient (Wildman–Crippen LogP) is 4.07. The van der Waals surface area contributed by atoms with Gasteiger partial charge >= 0.3 is 6.09 Å². The van der Waals surface area contributed by atoms with Gasteiger partial charge in [0.25, 0.3) is 5.91 Å². The van der Waals surface area contributed by atoms with E-state index in [4.69, 9.17) is 9.47 Å². The van der Waals surface area contributed by atoms with Crippen molar-refractivity contribution in [2.45, 2.75) is 51.7 Å². The second-order valence-electron chi connectivity index (χ2n) is 8.16. The Labute approximate surface area is 168 Å². The van der Waals surface area contributed by atoms with Gasteiger partial charge in [0.05, 0.1) is 17.7 Å². The molecule has 148 valence electrons. The second-order valence-corrected chi connectivity index (χ2v) is 9.07. The van der Waals surface area contributed by atoms with E-state index in [9.17, 15) is 9.59 Å². The summed E-state index contributed by atoms with van der Waals surface area (Å²) in [4.78, 5) is 29.4. The molecular formula is C20H27BrN2O4. The van der Waals surface area contributed by atoms with Crippen molar-refractivity contribution in [1.82, 2.24) is 9.80 Å². The normalized spacial score (nSPS) is 18.4. The van der Waals surface area contributed by atoms with Crippen molar-refractivity contribution in [2.24, 2.45) is 0 Å². The molecule has 1 spiro atoms. The molecule has 2 fully saturated rings. The van der Waals surface area contributed by atoms with Crippen LogP contribution in [-0.4, -0.2) is 59.2 Å². The van der Waals surface area contributed by atoms with Gasteiger partial charge in [0, 0.05) is 24.1 Å². The number of halogens is 1. The summed E-state index contributed by atoms with van der Waals surface area (Å²) in [5.74, 6) is 0.553. The van der Waals surface area contributed by atoms with Crippen LogP contribution in [0, 0.1) is 0 Å². The maximum atomic E-state index is 13.3. The van der Waals surface area contributed by atoms with E-state index < -0.39 is 5.60 Å². The van der Waals surface area contributed by atoms with Crippen LogP contribution < -0.4 is 4.74 Å².